The van der Waals surface area contributed by atoms with E-state index in [-0.39, 0.29) is 32.7 Å². The van der Waals surface area contributed by atoms with Gasteiger partial charge in [-0.3, -0.25) is 14.4 Å². The first-order valence-corrected chi connectivity index (χ1v) is 10.7. The van der Waals surface area contributed by atoms with Crippen molar-refractivity contribution in [3.8, 4) is 0 Å². The largest absolute Gasteiger partial charge is 0.454 e. The molecule has 0 unspecified atom stereocenters. The van der Waals surface area contributed by atoms with Crippen LogP contribution in [-0.2, 0) is 24.3 Å². The highest BCUT2D eigenvalue weighted by molar-refractivity contribution is 7.88. The molecule has 1 aromatic rings. The molecule has 10 heteroatoms. The molecule has 28 heavy (non-hydrogen) atoms. The van der Waals surface area contributed by atoms with Gasteiger partial charge in [-0.25, -0.2) is 8.42 Å². The van der Waals surface area contributed by atoms with Crippen LogP contribution in [-0.4, -0.2) is 81.0 Å². The molecule has 154 valence electrons. The first kappa shape index (κ1) is 21.8. The molecule has 0 radical (unpaired) electrons. The van der Waals surface area contributed by atoms with Crippen LogP contribution in [0.15, 0.2) is 18.2 Å². The van der Waals surface area contributed by atoms with Gasteiger partial charge < -0.3 is 15.0 Å². The van der Waals surface area contributed by atoms with Crippen LogP contribution in [0.5, 0.6) is 0 Å². The van der Waals surface area contributed by atoms with Crippen LogP contribution >= 0.6 is 0 Å². The number of carbonyl (C=O) groups is 3. The summed E-state index contributed by atoms with van der Waals surface area (Å²) in [6, 6.07) is 5.37. The van der Waals surface area contributed by atoms with Crippen LogP contribution in [0.25, 0.3) is 0 Å². The number of amides is 2. The number of rotatable bonds is 6. The number of carbonyl (C=O) groups excluding carboxylic acids is 3. The number of aryl methyl sites for hydroxylation is 2. The van der Waals surface area contributed by atoms with Gasteiger partial charge >= 0.3 is 5.97 Å². The number of piperazine rings is 1. The van der Waals surface area contributed by atoms with Crippen molar-refractivity contribution in [2.45, 2.75) is 13.8 Å². The molecule has 0 bridgehead atoms. The van der Waals surface area contributed by atoms with Crippen LogP contribution in [0.1, 0.15) is 21.5 Å². The Morgan fingerprint density at radius 1 is 1.04 bits per heavy atom. The number of nitrogens with one attached hydrogen (secondary N) is 1. The highest BCUT2D eigenvalue weighted by atomic mass is 32.2. The van der Waals surface area contributed by atoms with Gasteiger partial charge in [-0.15, -0.1) is 0 Å². The van der Waals surface area contributed by atoms with Crippen LogP contribution in [0.2, 0.25) is 0 Å². The van der Waals surface area contributed by atoms with E-state index in [1.54, 1.807) is 12.1 Å². The van der Waals surface area contributed by atoms with E-state index in [2.05, 4.69) is 5.32 Å². The molecule has 1 saturated heterocycles. The van der Waals surface area contributed by atoms with Gasteiger partial charge in [-0.1, -0.05) is 17.2 Å². The molecule has 1 aliphatic heterocycles. The van der Waals surface area contributed by atoms with Crippen LogP contribution in [0.3, 0.4) is 0 Å². The third-order valence-electron chi connectivity index (χ3n) is 4.29. The molecule has 0 aliphatic carbocycles. The minimum Gasteiger partial charge on any atom is -0.454 e. The lowest BCUT2D eigenvalue weighted by Crippen LogP contribution is -2.51. The molecule has 1 heterocycles. The SMILES string of the molecule is Cc1cc(C)cc(C(=O)NCC(=O)OCC(=O)N2CCN(S(C)(=O)=O)CC2)c1. The molecule has 0 saturated carbocycles. The fraction of sp³-hybridized carbons (Fsp3) is 0.500. The first-order valence-electron chi connectivity index (χ1n) is 8.81. The standard InChI is InChI=1S/C18H25N3O6S/c1-13-8-14(2)10-15(9-13)18(24)19-11-17(23)27-12-16(22)20-4-6-21(7-5-20)28(3,25)26/h8-10H,4-7,11-12H2,1-3H3,(H,19,24). The Morgan fingerprint density at radius 3 is 2.14 bits per heavy atom. The third kappa shape index (κ3) is 6.31. The lowest BCUT2D eigenvalue weighted by atomic mass is 10.1. The summed E-state index contributed by atoms with van der Waals surface area (Å²) < 4.78 is 29.1. The van der Waals surface area contributed by atoms with Gasteiger partial charge in [0.15, 0.2) is 6.61 Å². The molecular weight excluding hydrogens is 386 g/mol. The summed E-state index contributed by atoms with van der Waals surface area (Å²) in [5, 5.41) is 2.47. The van der Waals surface area contributed by atoms with Crippen molar-refractivity contribution in [2.24, 2.45) is 0 Å². The summed E-state index contributed by atoms with van der Waals surface area (Å²) in [7, 11) is -3.27. The number of nitrogens with zero attached hydrogens (tertiary/aromatic N) is 2. The zero-order valence-corrected chi connectivity index (χ0v) is 17.0. The van der Waals surface area contributed by atoms with Gasteiger partial charge in [0.25, 0.3) is 11.8 Å². The summed E-state index contributed by atoms with van der Waals surface area (Å²) in [4.78, 5) is 37.4. The van der Waals surface area contributed by atoms with E-state index in [1.807, 2.05) is 19.9 Å². The summed E-state index contributed by atoms with van der Waals surface area (Å²) in [6.07, 6.45) is 1.12. The quantitative estimate of drug-likeness (QED) is 0.642. The zero-order valence-electron chi connectivity index (χ0n) is 16.2. The minimum atomic E-state index is -3.27. The van der Waals surface area contributed by atoms with Crippen LogP contribution in [0, 0.1) is 13.8 Å². The monoisotopic (exact) mass is 411 g/mol. The Kier molecular flexibility index (Phi) is 7.14. The summed E-state index contributed by atoms with van der Waals surface area (Å²) in [5.74, 6) is -1.52. The second-order valence-corrected chi connectivity index (χ2v) is 8.75. The zero-order chi connectivity index (χ0) is 20.9. The minimum absolute atomic E-state index is 0.213. The van der Waals surface area contributed by atoms with Gasteiger partial charge in [0.2, 0.25) is 10.0 Å². The maximum absolute atomic E-state index is 12.1. The normalized spacial score (nSPS) is 15.2. The number of hydrogen-bond acceptors (Lipinski definition) is 6. The number of sulfonamides is 1. The van der Waals surface area contributed by atoms with Crippen molar-refractivity contribution >= 4 is 27.8 Å². The Labute approximate surface area is 164 Å². The highest BCUT2D eigenvalue weighted by Gasteiger charge is 2.26. The highest BCUT2D eigenvalue weighted by Crippen LogP contribution is 2.09. The maximum Gasteiger partial charge on any atom is 0.325 e. The average Bonchev–Trinajstić information content (AvgIpc) is 2.62. The van der Waals surface area contributed by atoms with Gasteiger partial charge in [-0.2, -0.15) is 4.31 Å². The van der Waals surface area contributed by atoms with Crippen molar-refractivity contribution in [1.29, 1.82) is 0 Å². The first-order chi connectivity index (χ1) is 13.1. The number of ether oxygens (including phenoxy) is 1. The van der Waals surface area contributed by atoms with Crippen LogP contribution in [0.4, 0.5) is 0 Å². The molecule has 0 spiro atoms. The van der Waals surface area contributed by atoms with Crippen molar-refractivity contribution < 1.29 is 27.5 Å². The number of esters is 1. The van der Waals surface area contributed by atoms with E-state index in [9.17, 15) is 22.8 Å². The Hall–Kier alpha value is -2.46. The molecule has 1 N–H and O–H groups in total. The molecule has 0 aromatic heterocycles. The summed E-state index contributed by atoms with van der Waals surface area (Å²) in [6.45, 7) is 3.87. The third-order valence-corrected chi connectivity index (χ3v) is 5.60. The predicted molar refractivity (Wildman–Crippen MR) is 102 cm³/mol. The van der Waals surface area contributed by atoms with Gasteiger partial charge in [0.05, 0.1) is 6.26 Å². The lowest BCUT2D eigenvalue weighted by Gasteiger charge is -2.33. The average molecular weight is 411 g/mol. The van der Waals surface area contributed by atoms with Crippen molar-refractivity contribution in [3.05, 3.63) is 34.9 Å². The molecule has 9 nitrogen and oxygen atoms in total. The molecule has 2 amide bonds. The smallest absolute Gasteiger partial charge is 0.325 e. The van der Waals surface area contributed by atoms with E-state index in [0.29, 0.717) is 5.56 Å². The van der Waals surface area contributed by atoms with Gasteiger partial charge in [0.1, 0.15) is 6.54 Å². The van der Waals surface area contributed by atoms with Crippen molar-refractivity contribution in [3.63, 3.8) is 0 Å². The molecule has 1 aromatic carbocycles. The van der Waals surface area contributed by atoms with Gasteiger partial charge in [-0.05, 0) is 26.0 Å². The maximum atomic E-state index is 12.1. The molecule has 1 fully saturated rings. The summed E-state index contributed by atoms with van der Waals surface area (Å²) in [5.41, 5.74) is 2.33. The fourth-order valence-electron chi connectivity index (χ4n) is 2.91. The Balaban J connectivity index is 1.73. The molecule has 2 rings (SSSR count). The fourth-order valence-corrected chi connectivity index (χ4v) is 3.74. The topological polar surface area (TPSA) is 113 Å². The predicted octanol–water partition coefficient (Wildman–Crippen LogP) is -0.320. The Bertz CT molecular complexity index is 840. The van der Waals surface area contributed by atoms with Gasteiger partial charge in [0, 0.05) is 31.7 Å². The Morgan fingerprint density at radius 2 is 1.61 bits per heavy atom. The van der Waals surface area contributed by atoms with E-state index in [0.717, 1.165) is 17.4 Å². The number of benzene rings is 1. The van der Waals surface area contributed by atoms with Crippen LogP contribution < -0.4 is 5.32 Å². The van der Waals surface area contributed by atoms with E-state index in [1.165, 1.54) is 9.21 Å². The molecule has 1 aliphatic rings. The van der Waals surface area contributed by atoms with Crippen molar-refractivity contribution in [2.75, 3.05) is 45.6 Å². The lowest BCUT2D eigenvalue weighted by molar-refractivity contribution is -0.151. The molecule has 0 atom stereocenters. The summed E-state index contributed by atoms with van der Waals surface area (Å²) >= 11 is 0. The number of hydrogen-bond donors (Lipinski definition) is 1. The van der Waals surface area contributed by atoms with E-state index >= 15 is 0 Å². The second kappa shape index (κ2) is 9.16. The second-order valence-electron chi connectivity index (χ2n) is 6.76. The van der Waals surface area contributed by atoms with Crippen molar-refractivity contribution in [1.82, 2.24) is 14.5 Å². The molecular formula is C18H25N3O6S. The van der Waals surface area contributed by atoms with E-state index < -0.39 is 34.4 Å². The van der Waals surface area contributed by atoms with E-state index in [4.69, 9.17) is 4.74 Å².